The van der Waals surface area contributed by atoms with Gasteiger partial charge in [-0.25, -0.2) is 4.39 Å². The molecule has 0 radical (unpaired) electrons. The number of rotatable bonds is 6. The standard InChI is InChI=1S/C14H21FN2O/c15-14-4-2-13(3-5-14)12-16-6-1-7-17-8-10-18-11-9-17/h2-5,16H,1,6-12H2. The quantitative estimate of drug-likeness (QED) is 0.779. The van der Waals surface area contributed by atoms with Gasteiger partial charge < -0.3 is 10.1 Å². The number of morpholine rings is 1. The van der Waals surface area contributed by atoms with Crippen LogP contribution in [-0.4, -0.2) is 44.3 Å². The fourth-order valence-corrected chi connectivity index (χ4v) is 2.09. The summed E-state index contributed by atoms with van der Waals surface area (Å²) in [5, 5.41) is 3.38. The van der Waals surface area contributed by atoms with Gasteiger partial charge in [0.15, 0.2) is 0 Å². The predicted octanol–water partition coefficient (Wildman–Crippen LogP) is 1.64. The molecule has 0 atom stereocenters. The SMILES string of the molecule is Fc1ccc(CNCCCN2CCOCC2)cc1. The molecule has 0 amide bonds. The molecule has 18 heavy (non-hydrogen) atoms. The van der Waals surface area contributed by atoms with Crippen molar-refractivity contribution in [3.8, 4) is 0 Å². The Morgan fingerprint density at radius 3 is 2.61 bits per heavy atom. The summed E-state index contributed by atoms with van der Waals surface area (Å²) < 4.78 is 18.0. The van der Waals surface area contributed by atoms with Crippen LogP contribution >= 0.6 is 0 Å². The third-order valence-corrected chi connectivity index (χ3v) is 3.17. The summed E-state index contributed by atoms with van der Waals surface area (Å²) in [6.45, 7) is 6.76. The smallest absolute Gasteiger partial charge is 0.123 e. The number of benzene rings is 1. The highest BCUT2D eigenvalue weighted by molar-refractivity contribution is 5.15. The van der Waals surface area contributed by atoms with E-state index in [4.69, 9.17) is 4.74 Å². The highest BCUT2D eigenvalue weighted by Crippen LogP contribution is 2.02. The van der Waals surface area contributed by atoms with E-state index < -0.39 is 0 Å². The Morgan fingerprint density at radius 1 is 1.17 bits per heavy atom. The average Bonchev–Trinajstić information content (AvgIpc) is 2.42. The molecule has 1 heterocycles. The van der Waals surface area contributed by atoms with Gasteiger partial charge in [-0.2, -0.15) is 0 Å². The highest BCUT2D eigenvalue weighted by Gasteiger charge is 2.08. The first-order chi connectivity index (χ1) is 8.84. The molecular weight excluding hydrogens is 231 g/mol. The van der Waals surface area contributed by atoms with Gasteiger partial charge in [0.2, 0.25) is 0 Å². The van der Waals surface area contributed by atoms with E-state index in [1.165, 1.54) is 12.1 Å². The molecule has 1 aliphatic rings. The minimum Gasteiger partial charge on any atom is -0.379 e. The van der Waals surface area contributed by atoms with E-state index in [0.717, 1.165) is 57.9 Å². The molecule has 0 aliphatic carbocycles. The van der Waals surface area contributed by atoms with Gasteiger partial charge in [0.25, 0.3) is 0 Å². The molecule has 4 heteroatoms. The third-order valence-electron chi connectivity index (χ3n) is 3.17. The van der Waals surface area contributed by atoms with E-state index in [1.54, 1.807) is 0 Å². The zero-order valence-corrected chi connectivity index (χ0v) is 10.7. The van der Waals surface area contributed by atoms with E-state index in [0.29, 0.717) is 0 Å². The largest absolute Gasteiger partial charge is 0.379 e. The summed E-state index contributed by atoms with van der Waals surface area (Å²) in [6, 6.07) is 6.66. The maximum absolute atomic E-state index is 12.7. The first-order valence-corrected chi connectivity index (χ1v) is 6.60. The van der Waals surface area contributed by atoms with Crippen molar-refractivity contribution >= 4 is 0 Å². The third kappa shape index (κ3) is 4.72. The van der Waals surface area contributed by atoms with Gasteiger partial charge in [0.1, 0.15) is 5.82 Å². The second-order valence-electron chi connectivity index (χ2n) is 4.61. The predicted molar refractivity (Wildman–Crippen MR) is 70.0 cm³/mol. The van der Waals surface area contributed by atoms with Crippen molar-refractivity contribution in [2.75, 3.05) is 39.4 Å². The van der Waals surface area contributed by atoms with Crippen LogP contribution in [0.4, 0.5) is 4.39 Å². The summed E-state index contributed by atoms with van der Waals surface area (Å²) in [4.78, 5) is 2.43. The maximum atomic E-state index is 12.7. The molecule has 0 unspecified atom stereocenters. The van der Waals surface area contributed by atoms with Crippen molar-refractivity contribution in [3.63, 3.8) is 0 Å². The Bertz CT molecular complexity index is 336. The van der Waals surface area contributed by atoms with Crippen LogP contribution in [0.15, 0.2) is 24.3 Å². The zero-order valence-electron chi connectivity index (χ0n) is 10.7. The normalized spacial score (nSPS) is 16.9. The molecule has 0 bridgehead atoms. The summed E-state index contributed by atoms with van der Waals surface area (Å²) in [7, 11) is 0. The van der Waals surface area contributed by atoms with Crippen molar-refractivity contribution in [1.82, 2.24) is 10.2 Å². The number of hydrogen-bond donors (Lipinski definition) is 1. The summed E-state index contributed by atoms with van der Waals surface area (Å²) in [5.41, 5.74) is 1.13. The van der Waals surface area contributed by atoms with Gasteiger partial charge in [0.05, 0.1) is 13.2 Å². The zero-order chi connectivity index (χ0) is 12.6. The van der Waals surface area contributed by atoms with Gasteiger partial charge in [-0.3, -0.25) is 4.90 Å². The van der Waals surface area contributed by atoms with E-state index in [-0.39, 0.29) is 5.82 Å². The maximum Gasteiger partial charge on any atom is 0.123 e. The Balaban J connectivity index is 1.54. The number of ether oxygens (including phenoxy) is 1. The van der Waals surface area contributed by atoms with Crippen molar-refractivity contribution < 1.29 is 9.13 Å². The van der Waals surface area contributed by atoms with Crippen molar-refractivity contribution in [1.29, 1.82) is 0 Å². The Kier molecular flexibility index (Phi) is 5.58. The Morgan fingerprint density at radius 2 is 1.89 bits per heavy atom. The summed E-state index contributed by atoms with van der Waals surface area (Å²) in [6.07, 6.45) is 1.14. The van der Waals surface area contributed by atoms with Crippen LogP contribution in [0.1, 0.15) is 12.0 Å². The highest BCUT2D eigenvalue weighted by atomic mass is 19.1. The molecule has 0 aromatic heterocycles. The lowest BCUT2D eigenvalue weighted by Crippen LogP contribution is -2.37. The van der Waals surface area contributed by atoms with Gasteiger partial charge in [-0.05, 0) is 37.2 Å². The summed E-state index contributed by atoms with van der Waals surface area (Å²) in [5.74, 6) is -0.175. The van der Waals surface area contributed by atoms with Crippen LogP contribution in [0.3, 0.4) is 0 Å². The topological polar surface area (TPSA) is 24.5 Å². The van der Waals surface area contributed by atoms with Gasteiger partial charge in [-0.15, -0.1) is 0 Å². The Labute approximate surface area is 108 Å². The van der Waals surface area contributed by atoms with E-state index >= 15 is 0 Å². The molecule has 1 saturated heterocycles. The second kappa shape index (κ2) is 7.46. The molecule has 1 aromatic rings. The molecule has 1 N–H and O–H groups in total. The van der Waals surface area contributed by atoms with E-state index in [9.17, 15) is 4.39 Å². The lowest BCUT2D eigenvalue weighted by Gasteiger charge is -2.26. The molecule has 0 saturated carbocycles. The van der Waals surface area contributed by atoms with Crippen LogP contribution in [0.5, 0.6) is 0 Å². The van der Waals surface area contributed by atoms with E-state index in [1.807, 2.05) is 12.1 Å². The number of nitrogens with one attached hydrogen (secondary N) is 1. The molecule has 2 rings (SSSR count). The fourth-order valence-electron chi connectivity index (χ4n) is 2.09. The number of hydrogen-bond acceptors (Lipinski definition) is 3. The molecule has 1 fully saturated rings. The van der Waals surface area contributed by atoms with E-state index in [2.05, 4.69) is 10.2 Å². The fraction of sp³-hybridized carbons (Fsp3) is 0.571. The van der Waals surface area contributed by atoms with Crippen molar-refractivity contribution in [2.24, 2.45) is 0 Å². The molecule has 100 valence electrons. The molecular formula is C14H21FN2O. The minimum atomic E-state index is -0.175. The molecule has 0 spiro atoms. The van der Waals surface area contributed by atoms with Gasteiger partial charge >= 0.3 is 0 Å². The Hall–Kier alpha value is -0.970. The van der Waals surface area contributed by atoms with Gasteiger partial charge in [0, 0.05) is 19.6 Å². The molecule has 1 aromatic carbocycles. The van der Waals surface area contributed by atoms with Gasteiger partial charge in [-0.1, -0.05) is 12.1 Å². The van der Waals surface area contributed by atoms with Crippen molar-refractivity contribution in [2.45, 2.75) is 13.0 Å². The number of nitrogens with zero attached hydrogens (tertiary/aromatic N) is 1. The second-order valence-corrected chi connectivity index (χ2v) is 4.61. The lowest BCUT2D eigenvalue weighted by molar-refractivity contribution is 0.0374. The van der Waals surface area contributed by atoms with Crippen molar-refractivity contribution in [3.05, 3.63) is 35.6 Å². The molecule has 1 aliphatic heterocycles. The van der Waals surface area contributed by atoms with Crippen LogP contribution in [0.2, 0.25) is 0 Å². The van der Waals surface area contributed by atoms with Crippen LogP contribution in [0.25, 0.3) is 0 Å². The van der Waals surface area contributed by atoms with Crippen LogP contribution in [-0.2, 0) is 11.3 Å². The summed E-state index contributed by atoms with van der Waals surface area (Å²) >= 11 is 0. The minimum absolute atomic E-state index is 0.175. The number of halogens is 1. The monoisotopic (exact) mass is 252 g/mol. The van der Waals surface area contributed by atoms with Crippen LogP contribution < -0.4 is 5.32 Å². The lowest BCUT2D eigenvalue weighted by atomic mass is 10.2. The van der Waals surface area contributed by atoms with Crippen LogP contribution in [0, 0.1) is 5.82 Å². The average molecular weight is 252 g/mol. The first-order valence-electron chi connectivity index (χ1n) is 6.60. The molecule has 3 nitrogen and oxygen atoms in total. The first kappa shape index (κ1) is 13.5.